The van der Waals surface area contributed by atoms with Crippen LogP contribution >= 0.6 is 0 Å². The normalized spacial score (nSPS) is 14.2. The Morgan fingerprint density at radius 3 is 2.44 bits per heavy atom. The van der Waals surface area contributed by atoms with Crippen LogP contribution in [0.3, 0.4) is 0 Å². The second-order valence-corrected chi connectivity index (χ2v) is 5.06. The van der Waals surface area contributed by atoms with E-state index in [0.29, 0.717) is 12.3 Å². The Bertz CT molecular complexity index is 376. The summed E-state index contributed by atoms with van der Waals surface area (Å²) >= 11 is 0. The van der Waals surface area contributed by atoms with Gasteiger partial charge < -0.3 is 10.9 Å². The van der Waals surface area contributed by atoms with Gasteiger partial charge in [0, 0.05) is 19.0 Å². The van der Waals surface area contributed by atoms with Gasteiger partial charge in [-0.1, -0.05) is 49.3 Å². The van der Waals surface area contributed by atoms with E-state index in [-0.39, 0.29) is 11.9 Å². The number of hydrogen-bond acceptors (Lipinski definition) is 3. The van der Waals surface area contributed by atoms with Gasteiger partial charge in [0.15, 0.2) is 0 Å². The molecule has 4 heteroatoms. The van der Waals surface area contributed by atoms with Crippen LogP contribution in [0, 0.1) is 5.92 Å². The Morgan fingerprint density at radius 2 is 1.94 bits per heavy atom. The van der Waals surface area contributed by atoms with Crippen LogP contribution < -0.4 is 5.73 Å². The van der Waals surface area contributed by atoms with Gasteiger partial charge in [0.1, 0.15) is 5.84 Å². The molecule has 1 rings (SSSR count). The van der Waals surface area contributed by atoms with Crippen LogP contribution in [-0.4, -0.2) is 29.5 Å². The van der Waals surface area contributed by atoms with Crippen LogP contribution in [0.2, 0.25) is 0 Å². The molecule has 0 aromatic heterocycles. The second-order valence-electron chi connectivity index (χ2n) is 5.06. The van der Waals surface area contributed by atoms with Crippen molar-refractivity contribution in [3.05, 3.63) is 35.9 Å². The first-order valence-electron chi connectivity index (χ1n) is 6.26. The molecule has 0 heterocycles. The summed E-state index contributed by atoms with van der Waals surface area (Å²) in [5.74, 6) is 0.841. The van der Waals surface area contributed by atoms with E-state index in [1.165, 1.54) is 5.56 Å². The number of rotatable bonds is 6. The SMILES string of the molecule is CC(C)CN(C)C(CC(N)=NO)c1ccccc1. The third kappa shape index (κ3) is 4.37. The van der Waals surface area contributed by atoms with Crippen molar-refractivity contribution in [1.82, 2.24) is 4.90 Å². The maximum atomic E-state index is 8.74. The fraction of sp³-hybridized carbons (Fsp3) is 0.500. The molecule has 0 amide bonds. The minimum Gasteiger partial charge on any atom is -0.409 e. The molecule has 0 aliphatic heterocycles. The van der Waals surface area contributed by atoms with Crippen LogP contribution in [0.25, 0.3) is 0 Å². The second kappa shape index (κ2) is 7.01. The quantitative estimate of drug-likeness (QED) is 0.352. The predicted octanol–water partition coefficient (Wildman–Crippen LogP) is 2.45. The summed E-state index contributed by atoms with van der Waals surface area (Å²) in [4.78, 5) is 2.25. The highest BCUT2D eigenvalue weighted by molar-refractivity contribution is 5.80. The molecule has 1 aromatic rings. The van der Waals surface area contributed by atoms with Gasteiger partial charge in [-0.25, -0.2) is 0 Å². The van der Waals surface area contributed by atoms with E-state index < -0.39 is 0 Å². The molecule has 0 spiro atoms. The summed E-state index contributed by atoms with van der Waals surface area (Å²) < 4.78 is 0. The molecule has 1 aromatic carbocycles. The average Bonchev–Trinajstić information content (AvgIpc) is 2.35. The Morgan fingerprint density at radius 1 is 1.33 bits per heavy atom. The molecule has 3 N–H and O–H groups in total. The Kier molecular flexibility index (Phi) is 5.65. The van der Waals surface area contributed by atoms with E-state index in [0.717, 1.165) is 6.54 Å². The van der Waals surface area contributed by atoms with Crippen molar-refractivity contribution >= 4 is 5.84 Å². The van der Waals surface area contributed by atoms with Crippen molar-refractivity contribution in [2.45, 2.75) is 26.3 Å². The molecule has 4 nitrogen and oxygen atoms in total. The minimum atomic E-state index is 0.143. The summed E-state index contributed by atoms with van der Waals surface area (Å²) in [6.07, 6.45) is 0.531. The molecule has 0 saturated carbocycles. The van der Waals surface area contributed by atoms with Gasteiger partial charge in [0.2, 0.25) is 0 Å². The zero-order valence-corrected chi connectivity index (χ0v) is 11.4. The highest BCUT2D eigenvalue weighted by Gasteiger charge is 2.19. The third-order valence-corrected chi connectivity index (χ3v) is 2.90. The fourth-order valence-electron chi connectivity index (χ4n) is 2.15. The average molecular weight is 249 g/mol. The lowest BCUT2D eigenvalue weighted by molar-refractivity contribution is 0.221. The molecule has 1 atom stereocenters. The molecule has 0 saturated heterocycles. The summed E-state index contributed by atoms with van der Waals surface area (Å²) in [6, 6.07) is 10.3. The topological polar surface area (TPSA) is 61.8 Å². The van der Waals surface area contributed by atoms with Crippen molar-refractivity contribution in [3.63, 3.8) is 0 Å². The van der Waals surface area contributed by atoms with Crippen LogP contribution in [-0.2, 0) is 0 Å². The zero-order chi connectivity index (χ0) is 13.5. The van der Waals surface area contributed by atoms with Gasteiger partial charge in [-0.05, 0) is 18.5 Å². The molecule has 0 radical (unpaired) electrons. The van der Waals surface area contributed by atoms with Crippen molar-refractivity contribution in [2.75, 3.05) is 13.6 Å². The molecular formula is C14H23N3O. The van der Waals surface area contributed by atoms with E-state index in [9.17, 15) is 0 Å². The lowest BCUT2D eigenvalue weighted by Crippen LogP contribution is -2.31. The summed E-state index contributed by atoms with van der Waals surface area (Å²) in [5, 5.41) is 11.8. The molecule has 18 heavy (non-hydrogen) atoms. The molecule has 100 valence electrons. The van der Waals surface area contributed by atoms with Crippen molar-refractivity contribution < 1.29 is 5.21 Å². The number of oxime groups is 1. The van der Waals surface area contributed by atoms with Crippen LogP contribution in [0.15, 0.2) is 35.5 Å². The Hall–Kier alpha value is -1.55. The summed E-state index contributed by atoms with van der Waals surface area (Å²) in [7, 11) is 2.07. The summed E-state index contributed by atoms with van der Waals surface area (Å²) in [6.45, 7) is 5.34. The largest absolute Gasteiger partial charge is 0.409 e. The van der Waals surface area contributed by atoms with Gasteiger partial charge in [-0.15, -0.1) is 0 Å². The van der Waals surface area contributed by atoms with Gasteiger partial charge in [-0.3, -0.25) is 4.90 Å². The highest BCUT2D eigenvalue weighted by atomic mass is 16.4. The first kappa shape index (κ1) is 14.5. The molecule has 0 bridgehead atoms. The number of hydrogen-bond donors (Lipinski definition) is 2. The zero-order valence-electron chi connectivity index (χ0n) is 11.4. The third-order valence-electron chi connectivity index (χ3n) is 2.90. The lowest BCUT2D eigenvalue weighted by Gasteiger charge is -2.29. The van der Waals surface area contributed by atoms with Crippen LogP contribution in [0.4, 0.5) is 0 Å². The summed E-state index contributed by atoms with van der Waals surface area (Å²) in [5.41, 5.74) is 6.84. The number of nitrogens with zero attached hydrogens (tertiary/aromatic N) is 2. The smallest absolute Gasteiger partial charge is 0.141 e. The van der Waals surface area contributed by atoms with E-state index >= 15 is 0 Å². The van der Waals surface area contributed by atoms with Gasteiger partial charge >= 0.3 is 0 Å². The van der Waals surface area contributed by atoms with Crippen molar-refractivity contribution in [1.29, 1.82) is 0 Å². The van der Waals surface area contributed by atoms with Gasteiger partial charge in [0.25, 0.3) is 0 Å². The maximum Gasteiger partial charge on any atom is 0.141 e. The van der Waals surface area contributed by atoms with E-state index in [1.807, 2.05) is 18.2 Å². The van der Waals surface area contributed by atoms with E-state index in [2.05, 4.69) is 43.1 Å². The first-order chi connectivity index (χ1) is 8.54. The van der Waals surface area contributed by atoms with Crippen LogP contribution in [0.5, 0.6) is 0 Å². The van der Waals surface area contributed by atoms with E-state index in [4.69, 9.17) is 10.9 Å². The standard InChI is InChI=1S/C14H23N3O/c1-11(2)10-17(3)13(9-14(15)16-18)12-7-5-4-6-8-12/h4-8,11,13,18H,9-10H2,1-3H3,(H2,15,16). The molecule has 0 aliphatic carbocycles. The Balaban J connectivity index is 2.88. The molecule has 0 fully saturated rings. The van der Waals surface area contributed by atoms with E-state index in [1.54, 1.807) is 0 Å². The highest BCUT2D eigenvalue weighted by Crippen LogP contribution is 2.23. The maximum absolute atomic E-state index is 8.74. The molecule has 1 unspecified atom stereocenters. The fourth-order valence-corrected chi connectivity index (χ4v) is 2.15. The number of amidine groups is 1. The number of benzene rings is 1. The Labute approximate surface area is 109 Å². The number of nitrogens with two attached hydrogens (primary N) is 1. The molecular weight excluding hydrogens is 226 g/mol. The minimum absolute atomic E-state index is 0.143. The first-order valence-corrected chi connectivity index (χ1v) is 6.26. The lowest BCUT2D eigenvalue weighted by atomic mass is 10.0. The van der Waals surface area contributed by atoms with Crippen molar-refractivity contribution in [2.24, 2.45) is 16.8 Å². The predicted molar refractivity (Wildman–Crippen MR) is 74.7 cm³/mol. The van der Waals surface area contributed by atoms with Crippen molar-refractivity contribution in [3.8, 4) is 0 Å². The van der Waals surface area contributed by atoms with Gasteiger partial charge in [0.05, 0.1) is 0 Å². The van der Waals surface area contributed by atoms with Gasteiger partial charge in [-0.2, -0.15) is 0 Å². The van der Waals surface area contributed by atoms with Crippen LogP contribution in [0.1, 0.15) is 31.9 Å². The molecule has 0 aliphatic rings. The monoisotopic (exact) mass is 249 g/mol.